The van der Waals surface area contributed by atoms with Crippen LogP contribution in [-0.4, -0.2) is 75.2 Å². The Hall–Kier alpha value is -1.94. The van der Waals surface area contributed by atoms with Crippen molar-refractivity contribution in [1.82, 2.24) is 29.4 Å². The highest BCUT2D eigenvalue weighted by atomic mass is 19.4. The number of fused-ring (bicyclic) bond motifs is 1. The third-order valence-electron chi connectivity index (χ3n) is 4.22. The summed E-state index contributed by atoms with van der Waals surface area (Å²) in [5.41, 5.74) is 0.586. The molecule has 25 heavy (non-hydrogen) atoms. The number of nitrogens with one attached hydrogen (secondary N) is 1. The van der Waals surface area contributed by atoms with Crippen molar-refractivity contribution in [1.29, 1.82) is 0 Å². The quantitative estimate of drug-likeness (QED) is 0.895. The normalized spacial score (nSPS) is 18.6. The zero-order valence-corrected chi connectivity index (χ0v) is 14.5. The average molecular weight is 357 g/mol. The summed E-state index contributed by atoms with van der Waals surface area (Å²) < 4.78 is 39.7. The highest BCUT2D eigenvalue weighted by Gasteiger charge is 2.37. The second-order valence-electron chi connectivity index (χ2n) is 6.58. The summed E-state index contributed by atoms with van der Waals surface area (Å²) in [6.45, 7) is 8.52. The first-order valence-electron chi connectivity index (χ1n) is 8.21. The Balaban J connectivity index is 1.77. The van der Waals surface area contributed by atoms with Crippen molar-refractivity contribution in [3.8, 4) is 0 Å². The molecule has 1 N–H and O–H groups in total. The number of anilines is 1. The fraction of sp³-hybridized carbons (Fsp3) is 0.667. The lowest BCUT2D eigenvalue weighted by Gasteiger charge is -2.34. The van der Waals surface area contributed by atoms with Crippen LogP contribution in [0.25, 0.3) is 5.78 Å². The Morgan fingerprint density at radius 3 is 2.52 bits per heavy atom. The van der Waals surface area contributed by atoms with Crippen LogP contribution in [0, 0.1) is 6.92 Å². The number of rotatable bonds is 4. The molecule has 0 aliphatic carbocycles. The summed E-state index contributed by atoms with van der Waals surface area (Å²) >= 11 is 0. The molecule has 1 fully saturated rings. The van der Waals surface area contributed by atoms with Crippen LogP contribution in [0.3, 0.4) is 0 Å². The first-order valence-corrected chi connectivity index (χ1v) is 8.21. The van der Waals surface area contributed by atoms with Gasteiger partial charge in [-0.05, 0) is 20.9 Å². The monoisotopic (exact) mass is 357 g/mol. The zero-order chi connectivity index (χ0) is 18.2. The van der Waals surface area contributed by atoms with Gasteiger partial charge >= 0.3 is 6.18 Å². The van der Waals surface area contributed by atoms with Crippen molar-refractivity contribution < 1.29 is 13.2 Å². The molecule has 2 aromatic heterocycles. The molecule has 1 atom stereocenters. The van der Waals surface area contributed by atoms with Crippen molar-refractivity contribution >= 4 is 11.6 Å². The molecule has 138 valence electrons. The van der Waals surface area contributed by atoms with Gasteiger partial charge in [0.1, 0.15) is 5.82 Å². The fourth-order valence-corrected chi connectivity index (χ4v) is 2.93. The molecule has 0 saturated carbocycles. The molecule has 7 nitrogen and oxygen atoms in total. The Kier molecular flexibility index (Phi) is 4.83. The van der Waals surface area contributed by atoms with Crippen LogP contribution in [0.2, 0.25) is 0 Å². The maximum absolute atomic E-state index is 12.9. The van der Waals surface area contributed by atoms with E-state index in [9.17, 15) is 13.2 Å². The summed E-state index contributed by atoms with van der Waals surface area (Å²) in [7, 11) is 2.10. The van der Waals surface area contributed by atoms with Gasteiger partial charge in [0.25, 0.3) is 11.6 Å². The van der Waals surface area contributed by atoms with E-state index < -0.39 is 12.0 Å². The molecule has 1 aliphatic heterocycles. The van der Waals surface area contributed by atoms with Crippen LogP contribution in [-0.2, 0) is 6.18 Å². The topological polar surface area (TPSA) is 61.6 Å². The van der Waals surface area contributed by atoms with Crippen molar-refractivity contribution in [3.63, 3.8) is 0 Å². The Bertz CT molecular complexity index is 735. The molecule has 10 heteroatoms. The summed E-state index contributed by atoms with van der Waals surface area (Å²) in [5.74, 6) is -0.769. The molecular weight excluding hydrogens is 335 g/mol. The maximum atomic E-state index is 12.9. The van der Waals surface area contributed by atoms with Crippen molar-refractivity contribution in [2.75, 3.05) is 45.1 Å². The van der Waals surface area contributed by atoms with Gasteiger partial charge in [-0.1, -0.05) is 0 Å². The van der Waals surface area contributed by atoms with E-state index in [2.05, 4.69) is 37.2 Å². The van der Waals surface area contributed by atoms with E-state index >= 15 is 0 Å². The van der Waals surface area contributed by atoms with Gasteiger partial charge in [-0.2, -0.15) is 22.7 Å². The second-order valence-corrected chi connectivity index (χ2v) is 6.58. The number of halogens is 3. The zero-order valence-electron chi connectivity index (χ0n) is 14.5. The molecule has 3 rings (SSSR count). The van der Waals surface area contributed by atoms with Gasteiger partial charge in [0, 0.05) is 50.5 Å². The van der Waals surface area contributed by atoms with E-state index in [0.29, 0.717) is 11.5 Å². The van der Waals surface area contributed by atoms with E-state index in [4.69, 9.17) is 0 Å². The van der Waals surface area contributed by atoms with Crippen LogP contribution < -0.4 is 5.32 Å². The molecular formula is C15H22F3N7. The number of likely N-dealkylation sites (N-methyl/N-ethyl adjacent to an activating group) is 1. The third-order valence-corrected chi connectivity index (χ3v) is 4.22. The number of piperazine rings is 1. The minimum absolute atomic E-state index is 0.0481. The van der Waals surface area contributed by atoms with Crippen LogP contribution in [0.5, 0.6) is 0 Å². The van der Waals surface area contributed by atoms with E-state index in [1.54, 1.807) is 13.0 Å². The maximum Gasteiger partial charge on any atom is 0.453 e. The van der Waals surface area contributed by atoms with Crippen molar-refractivity contribution in [2.24, 2.45) is 0 Å². The summed E-state index contributed by atoms with van der Waals surface area (Å²) in [5, 5.41) is 6.82. The lowest BCUT2D eigenvalue weighted by Crippen LogP contribution is -2.47. The number of hydrogen-bond acceptors (Lipinski definition) is 6. The first-order chi connectivity index (χ1) is 11.7. The third kappa shape index (κ3) is 4.18. The largest absolute Gasteiger partial charge is 0.453 e. The Labute approximate surface area is 143 Å². The van der Waals surface area contributed by atoms with E-state index in [-0.39, 0.29) is 11.8 Å². The first kappa shape index (κ1) is 17.9. The van der Waals surface area contributed by atoms with Crippen LogP contribution in [0.4, 0.5) is 19.0 Å². The summed E-state index contributed by atoms with van der Waals surface area (Å²) in [4.78, 5) is 12.1. The molecule has 1 aliphatic rings. The van der Waals surface area contributed by atoms with Crippen LogP contribution in [0.15, 0.2) is 6.07 Å². The predicted octanol–water partition coefficient (Wildman–Crippen LogP) is 1.50. The molecule has 2 aromatic rings. The van der Waals surface area contributed by atoms with Gasteiger partial charge in [0.2, 0.25) is 0 Å². The highest BCUT2D eigenvalue weighted by Crippen LogP contribution is 2.27. The lowest BCUT2D eigenvalue weighted by molar-refractivity contribution is -0.144. The standard InChI is InChI=1S/C15H22F3N7/c1-10-8-12(19-11(2)9-24-6-4-23(3)5-7-24)25-14(20-10)21-13(22-25)15(16,17)18/h8,11,19H,4-7,9H2,1-3H3. The lowest BCUT2D eigenvalue weighted by atomic mass is 10.2. The molecule has 1 unspecified atom stereocenters. The Morgan fingerprint density at radius 2 is 1.88 bits per heavy atom. The minimum Gasteiger partial charge on any atom is -0.366 e. The minimum atomic E-state index is -4.59. The Morgan fingerprint density at radius 1 is 1.20 bits per heavy atom. The van der Waals surface area contributed by atoms with Gasteiger partial charge in [0.15, 0.2) is 0 Å². The molecule has 0 aromatic carbocycles. The van der Waals surface area contributed by atoms with Crippen molar-refractivity contribution in [3.05, 3.63) is 17.6 Å². The van der Waals surface area contributed by atoms with Gasteiger partial charge < -0.3 is 10.2 Å². The van der Waals surface area contributed by atoms with Gasteiger partial charge in [-0.3, -0.25) is 4.90 Å². The molecule has 1 saturated heterocycles. The molecule has 0 bridgehead atoms. The summed E-state index contributed by atoms with van der Waals surface area (Å²) in [6, 6.07) is 1.73. The summed E-state index contributed by atoms with van der Waals surface area (Å²) in [6.07, 6.45) is -4.59. The fourth-order valence-electron chi connectivity index (χ4n) is 2.93. The molecule has 3 heterocycles. The van der Waals surface area contributed by atoms with E-state index in [1.165, 1.54) is 0 Å². The van der Waals surface area contributed by atoms with Crippen molar-refractivity contribution in [2.45, 2.75) is 26.1 Å². The molecule has 0 amide bonds. The van der Waals surface area contributed by atoms with Crippen LogP contribution >= 0.6 is 0 Å². The predicted molar refractivity (Wildman–Crippen MR) is 87.5 cm³/mol. The van der Waals surface area contributed by atoms with Crippen LogP contribution in [0.1, 0.15) is 18.4 Å². The van der Waals surface area contributed by atoms with E-state index in [1.807, 2.05) is 6.92 Å². The molecule has 0 radical (unpaired) electrons. The number of nitrogens with zero attached hydrogens (tertiary/aromatic N) is 6. The SMILES string of the molecule is Cc1cc(NC(C)CN2CCN(C)CC2)n2nc(C(F)(F)F)nc2n1. The van der Waals surface area contributed by atoms with Gasteiger partial charge in [-0.25, -0.2) is 4.98 Å². The average Bonchev–Trinajstić information content (AvgIpc) is 2.94. The van der Waals surface area contributed by atoms with Gasteiger partial charge in [0.05, 0.1) is 0 Å². The van der Waals surface area contributed by atoms with E-state index in [0.717, 1.165) is 37.2 Å². The van der Waals surface area contributed by atoms with Gasteiger partial charge in [-0.15, -0.1) is 5.10 Å². The number of aromatic nitrogens is 4. The number of alkyl halides is 3. The number of hydrogen-bond donors (Lipinski definition) is 1. The smallest absolute Gasteiger partial charge is 0.366 e. The number of aryl methyl sites for hydroxylation is 1. The molecule has 0 spiro atoms. The highest BCUT2D eigenvalue weighted by molar-refractivity contribution is 5.46. The second kappa shape index (κ2) is 6.75.